The van der Waals surface area contributed by atoms with Crippen molar-refractivity contribution in [3.8, 4) is 16.9 Å². The lowest BCUT2D eigenvalue weighted by molar-refractivity contribution is -0.111. The molecule has 0 aliphatic rings. The van der Waals surface area contributed by atoms with Gasteiger partial charge in [0.05, 0.1) is 25.3 Å². The van der Waals surface area contributed by atoms with E-state index in [0.717, 1.165) is 38.8 Å². The van der Waals surface area contributed by atoms with Gasteiger partial charge in [0.25, 0.3) is 0 Å². The number of pyridine rings is 1. The molecule has 156 valence electrons. The number of hydrogen-bond acceptors (Lipinski definition) is 4. The first-order valence-electron chi connectivity index (χ1n) is 10.0. The molecule has 0 saturated heterocycles. The fraction of sp³-hybridized carbons (Fsp3) is 0.154. The highest BCUT2D eigenvalue weighted by atomic mass is 16.5. The van der Waals surface area contributed by atoms with E-state index >= 15 is 0 Å². The Morgan fingerprint density at radius 2 is 1.94 bits per heavy atom. The third kappa shape index (κ3) is 4.08. The number of methoxy groups -OCH3 is 1. The van der Waals surface area contributed by atoms with Crippen molar-refractivity contribution >= 4 is 28.1 Å². The van der Waals surface area contributed by atoms with Crippen molar-refractivity contribution in [3.63, 3.8) is 0 Å². The third-order valence-corrected chi connectivity index (χ3v) is 5.31. The van der Waals surface area contributed by atoms with Crippen LogP contribution in [-0.2, 0) is 4.79 Å². The van der Waals surface area contributed by atoms with Crippen molar-refractivity contribution in [2.45, 2.75) is 20.8 Å². The van der Waals surface area contributed by atoms with Crippen LogP contribution in [0.1, 0.15) is 23.6 Å². The van der Waals surface area contributed by atoms with Crippen molar-refractivity contribution in [2.75, 3.05) is 12.4 Å². The van der Waals surface area contributed by atoms with Crippen LogP contribution in [0.4, 0.5) is 5.69 Å². The molecule has 0 radical (unpaired) electrons. The minimum atomic E-state index is -0.226. The van der Waals surface area contributed by atoms with Gasteiger partial charge in [0.2, 0.25) is 5.91 Å². The minimum absolute atomic E-state index is 0.226. The number of furan rings is 1. The Balaban J connectivity index is 1.78. The molecular weight excluding hydrogens is 388 g/mol. The summed E-state index contributed by atoms with van der Waals surface area (Å²) in [7, 11) is 1.63. The molecule has 31 heavy (non-hydrogen) atoms. The van der Waals surface area contributed by atoms with Crippen LogP contribution in [0.25, 0.3) is 27.7 Å². The van der Waals surface area contributed by atoms with Gasteiger partial charge in [-0.15, -0.1) is 0 Å². The normalized spacial score (nSPS) is 11.5. The molecule has 0 spiro atoms. The molecule has 2 heterocycles. The fourth-order valence-corrected chi connectivity index (χ4v) is 3.72. The topological polar surface area (TPSA) is 64.4 Å². The number of nitrogens with one attached hydrogen (secondary N) is 1. The van der Waals surface area contributed by atoms with E-state index in [-0.39, 0.29) is 5.91 Å². The number of aryl methyl sites for hydroxylation is 2. The van der Waals surface area contributed by atoms with E-state index in [1.54, 1.807) is 44.0 Å². The molecule has 1 N–H and O–H groups in total. The van der Waals surface area contributed by atoms with Gasteiger partial charge in [-0.05, 0) is 50.1 Å². The number of aromatic nitrogens is 1. The second kappa shape index (κ2) is 8.48. The predicted molar refractivity (Wildman–Crippen MR) is 124 cm³/mol. The van der Waals surface area contributed by atoms with Gasteiger partial charge >= 0.3 is 0 Å². The van der Waals surface area contributed by atoms with Crippen LogP contribution in [0.15, 0.2) is 71.6 Å². The van der Waals surface area contributed by atoms with Gasteiger partial charge in [0.1, 0.15) is 11.3 Å². The lowest BCUT2D eigenvalue weighted by Crippen LogP contribution is -2.08. The summed E-state index contributed by atoms with van der Waals surface area (Å²) >= 11 is 0. The predicted octanol–water partition coefficient (Wildman–Crippen LogP) is 6.16. The highest BCUT2D eigenvalue weighted by molar-refractivity contribution is 6.05. The van der Waals surface area contributed by atoms with E-state index in [4.69, 9.17) is 9.15 Å². The number of fused-ring (bicyclic) bond motifs is 1. The number of anilines is 1. The molecule has 5 nitrogen and oxygen atoms in total. The Labute approximate surface area is 181 Å². The summed E-state index contributed by atoms with van der Waals surface area (Å²) in [6, 6.07) is 13.9. The molecule has 0 saturated carbocycles. The van der Waals surface area contributed by atoms with E-state index in [9.17, 15) is 4.79 Å². The largest absolute Gasteiger partial charge is 0.496 e. The number of rotatable bonds is 5. The Hall–Kier alpha value is -3.86. The summed E-state index contributed by atoms with van der Waals surface area (Å²) in [4.78, 5) is 16.6. The van der Waals surface area contributed by atoms with Crippen LogP contribution in [0.2, 0.25) is 0 Å². The van der Waals surface area contributed by atoms with Gasteiger partial charge in [0.15, 0.2) is 0 Å². The highest BCUT2D eigenvalue weighted by Gasteiger charge is 2.18. The van der Waals surface area contributed by atoms with Gasteiger partial charge in [-0.25, -0.2) is 0 Å². The van der Waals surface area contributed by atoms with Gasteiger partial charge in [0, 0.05) is 34.3 Å². The summed E-state index contributed by atoms with van der Waals surface area (Å²) in [6.07, 6.45) is 6.62. The summed E-state index contributed by atoms with van der Waals surface area (Å²) in [6.45, 7) is 5.93. The first-order chi connectivity index (χ1) is 15.0. The average molecular weight is 412 g/mol. The van der Waals surface area contributed by atoms with E-state index in [2.05, 4.69) is 41.5 Å². The molecule has 0 bridgehead atoms. The first-order valence-corrected chi connectivity index (χ1v) is 10.0. The maximum atomic E-state index is 12.5. The Bertz CT molecular complexity index is 1270. The van der Waals surface area contributed by atoms with E-state index in [1.165, 1.54) is 5.56 Å². The zero-order valence-corrected chi connectivity index (χ0v) is 18.0. The molecule has 4 aromatic rings. The molecule has 0 fully saturated rings. The standard InChI is InChI=1S/C26H24N2O3/c1-16-7-9-19(10-8-16)23-15-31-26-18(3)25(30-4)21(13-22(23)26)17(2)12-24(29)28-20-6-5-11-27-14-20/h5-15H,1-4H3,(H,28,29)/b17-12+. The number of carbonyl (C=O) groups excluding carboxylic acids is 1. The summed E-state index contributed by atoms with van der Waals surface area (Å²) < 4.78 is 11.6. The van der Waals surface area contributed by atoms with E-state index < -0.39 is 0 Å². The molecule has 4 rings (SSSR count). The number of benzene rings is 2. The molecular formula is C26H24N2O3. The molecule has 0 unspecified atom stereocenters. The third-order valence-electron chi connectivity index (χ3n) is 5.31. The van der Waals surface area contributed by atoms with Crippen molar-refractivity contribution in [2.24, 2.45) is 0 Å². The lowest BCUT2D eigenvalue weighted by atomic mass is 9.96. The molecule has 5 heteroatoms. The molecule has 0 aliphatic heterocycles. The molecule has 0 atom stereocenters. The van der Waals surface area contributed by atoms with Crippen LogP contribution in [0.3, 0.4) is 0 Å². The summed E-state index contributed by atoms with van der Waals surface area (Å²) in [5.74, 6) is 0.469. The maximum absolute atomic E-state index is 12.5. The van der Waals surface area contributed by atoms with Crippen molar-refractivity contribution < 1.29 is 13.9 Å². The van der Waals surface area contributed by atoms with Crippen molar-refractivity contribution in [1.82, 2.24) is 4.98 Å². The number of amides is 1. The number of carbonyl (C=O) groups is 1. The lowest BCUT2D eigenvalue weighted by Gasteiger charge is -2.13. The zero-order valence-electron chi connectivity index (χ0n) is 18.0. The quantitative estimate of drug-likeness (QED) is 0.399. The first kappa shape index (κ1) is 20.4. The second-order valence-electron chi connectivity index (χ2n) is 7.53. The van der Waals surface area contributed by atoms with Gasteiger partial charge in [-0.2, -0.15) is 0 Å². The number of hydrogen-bond donors (Lipinski definition) is 1. The number of ether oxygens (including phenoxy) is 1. The van der Waals surface area contributed by atoms with Crippen LogP contribution < -0.4 is 10.1 Å². The Morgan fingerprint density at radius 1 is 1.16 bits per heavy atom. The van der Waals surface area contributed by atoms with E-state index in [0.29, 0.717) is 11.4 Å². The smallest absolute Gasteiger partial charge is 0.248 e. The van der Waals surface area contributed by atoms with Gasteiger partial charge < -0.3 is 14.5 Å². The zero-order chi connectivity index (χ0) is 22.0. The Kier molecular flexibility index (Phi) is 5.58. The molecule has 1 amide bonds. The fourth-order valence-electron chi connectivity index (χ4n) is 3.72. The average Bonchev–Trinajstić information content (AvgIpc) is 3.19. The molecule has 2 aromatic heterocycles. The SMILES string of the molecule is COc1c(/C(C)=C/C(=O)Nc2cccnc2)cc2c(-c3ccc(C)cc3)coc2c1C. The minimum Gasteiger partial charge on any atom is -0.496 e. The van der Waals surface area contributed by atoms with Gasteiger partial charge in [-0.1, -0.05) is 29.8 Å². The number of nitrogens with zero attached hydrogens (tertiary/aromatic N) is 1. The van der Waals surface area contributed by atoms with Crippen molar-refractivity contribution in [3.05, 3.63) is 83.9 Å². The monoisotopic (exact) mass is 412 g/mol. The van der Waals surface area contributed by atoms with E-state index in [1.807, 2.05) is 19.9 Å². The maximum Gasteiger partial charge on any atom is 0.248 e. The Morgan fingerprint density at radius 3 is 2.61 bits per heavy atom. The second-order valence-corrected chi connectivity index (χ2v) is 7.53. The van der Waals surface area contributed by atoms with Crippen LogP contribution >= 0.6 is 0 Å². The van der Waals surface area contributed by atoms with Crippen LogP contribution in [-0.4, -0.2) is 18.0 Å². The summed E-state index contributed by atoms with van der Waals surface area (Å²) in [5.41, 5.74) is 7.26. The van der Waals surface area contributed by atoms with Crippen LogP contribution in [0.5, 0.6) is 5.75 Å². The molecule has 2 aromatic carbocycles. The van der Waals surface area contributed by atoms with Gasteiger partial charge in [-0.3, -0.25) is 9.78 Å². The summed E-state index contributed by atoms with van der Waals surface area (Å²) in [5, 5.41) is 3.82. The molecule has 0 aliphatic carbocycles. The highest BCUT2D eigenvalue weighted by Crippen LogP contribution is 2.40. The van der Waals surface area contributed by atoms with Crippen molar-refractivity contribution in [1.29, 1.82) is 0 Å². The number of allylic oxidation sites excluding steroid dienone is 1. The van der Waals surface area contributed by atoms with Crippen LogP contribution in [0, 0.1) is 13.8 Å².